The Labute approximate surface area is 94.9 Å². The van der Waals surface area contributed by atoms with E-state index in [0.29, 0.717) is 12.4 Å². The summed E-state index contributed by atoms with van der Waals surface area (Å²) >= 11 is 0. The first kappa shape index (κ1) is 14.2. The van der Waals surface area contributed by atoms with Crippen LogP contribution in [0.25, 0.3) is 0 Å². The first-order valence-corrected chi connectivity index (χ1v) is 5.16. The molecule has 1 aromatic rings. The molecule has 0 saturated carbocycles. The van der Waals surface area contributed by atoms with E-state index in [0.717, 1.165) is 0 Å². The fourth-order valence-corrected chi connectivity index (χ4v) is 1.05. The summed E-state index contributed by atoms with van der Waals surface area (Å²) in [7, 11) is 0. The Bertz CT molecular complexity index is 358. The summed E-state index contributed by atoms with van der Waals surface area (Å²) in [6, 6.07) is 6.28. The first-order chi connectivity index (χ1) is 7.66. The summed E-state index contributed by atoms with van der Waals surface area (Å²) in [5, 5.41) is 8.52. The van der Waals surface area contributed by atoms with Crippen molar-refractivity contribution in [3.63, 3.8) is 0 Å². The molecule has 0 spiro atoms. The fraction of sp³-hybridized carbons (Fsp3) is 0.333. The molecule has 1 N–H and O–H groups in total. The Hall–Kier alpha value is -1.84. The summed E-state index contributed by atoms with van der Waals surface area (Å²) in [6.07, 6.45) is 0. The largest absolute Gasteiger partial charge is 0.493 e. The van der Waals surface area contributed by atoms with Gasteiger partial charge in [0.05, 0.1) is 12.2 Å². The number of ether oxygens (including phenoxy) is 1. The number of hydrogen-bond donors (Lipinski definition) is 1. The molecular formula is C12H16O4. The zero-order chi connectivity index (χ0) is 12.6. The van der Waals surface area contributed by atoms with Crippen molar-refractivity contribution in [2.75, 3.05) is 6.61 Å². The molecule has 0 aromatic heterocycles. The highest BCUT2D eigenvalue weighted by molar-refractivity contribution is 6.40. The zero-order valence-electron chi connectivity index (χ0n) is 9.69. The molecule has 0 saturated heterocycles. The normalized spacial score (nSPS) is 8.69. The van der Waals surface area contributed by atoms with E-state index in [4.69, 9.17) is 9.84 Å². The maximum Gasteiger partial charge on any atom is 0.377 e. The van der Waals surface area contributed by atoms with Crippen LogP contribution in [-0.2, 0) is 4.79 Å². The molecule has 0 amide bonds. The average molecular weight is 224 g/mol. The number of carboxylic acids is 1. The van der Waals surface area contributed by atoms with Crippen molar-refractivity contribution in [1.29, 1.82) is 0 Å². The molecule has 1 aromatic carbocycles. The van der Waals surface area contributed by atoms with Gasteiger partial charge in [0.2, 0.25) is 0 Å². The minimum atomic E-state index is -1.47. The van der Waals surface area contributed by atoms with Gasteiger partial charge in [-0.2, -0.15) is 0 Å². The smallest absolute Gasteiger partial charge is 0.377 e. The molecule has 0 atom stereocenters. The van der Waals surface area contributed by atoms with Crippen molar-refractivity contribution >= 4 is 11.8 Å². The van der Waals surface area contributed by atoms with Crippen molar-refractivity contribution in [2.24, 2.45) is 0 Å². The van der Waals surface area contributed by atoms with Crippen LogP contribution in [0, 0.1) is 0 Å². The molecule has 0 heterocycles. The number of carbonyl (C=O) groups is 2. The third-order valence-corrected chi connectivity index (χ3v) is 1.63. The van der Waals surface area contributed by atoms with E-state index >= 15 is 0 Å². The lowest BCUT2D eigenvalue weighted by molar-refractivity contribution is -0.131. The van der Waals surface area contributed by atoms with E-state index in [1.54, 1.807) is 25.1 Å². The fourth-order valence-electron chi connectivity index (χ4n) is 1.05. The van der Waals surface area contributed by atoms with E-state index in [1.807, 2.05) is 13.8 Å². The zero-order valence-corrected chi connectivity index (χ0v) is 9.69. The monoisotopic (exact) mass is 224 g/mol. The Kier molecular flexibility index (Phi) is 6.59. The summed E-state index contributed by atoms with van der Waals surface area (Å²) in [5.74, 6) is -2.12. The van der Waals surface area contributed by atoms with Crippen LogP contribution in [0.5, 0.6) is 5.75 Å². The van der Waals surface area contributed by atoms with Gasteiger partial charge in [0.1, 0.15) is 5.75 Å². The molecule has 0 bridgehead atoms. The highest BCUT2D eigenvalue weighted by Gasteiger charge is 2.18. The van der Waals surface area contributed by atoms with Gasteiger partial charge < -0.3 is 9.84 Å². The van der Waals surface area contributed by atoms with Gasteiger partial charge in [-0.15, -0.1) is 0 Å². The quantitative estimate of drug-likeness (QED) is 0.630. The summed E-state index contributed by atoms with van der Waals surface area (Å²) in [4.78, 5) is 21.6. The maximum atomic E-state index is 11.2. The highest BCUT2D eigenvalue weighted by Crippen LogP contribution is 2.18. The number of ketones is 1. The van der Waals surface area contributed by atoms with Gasteiger partial charge in [0.25, 0.3) is 5.78 Å². The molecule has 4 heteroatoms. The summed E-state index contributed by atoms with van der Waals surface area (Å²) < 4.78 is 5.12. The standard InChI is InChI=1S/C10H10O4.C2H6/c1-2-14-8-6-4-3-5-7(8)9(11)10(12)13;1-2/h3-6H,2H2,1H3,(H,12,13);1-2H3. The van der Waals surface area contributed by atoms with Crippen LogP contribution in [0.2, 0.25) is 0 Å². The number of Topliss-reactive ketones (excluding diaryl/α,β-unsaturated/α-hetero) is 1. The molecule has 0 aliphatic rings. The minimum absolute atomic E-state index is 0.0850. The van der Waals surface area contributed by atoms with Gasteiger partial charge in [-0.05, 0) is 19.1 Å². The van der Waals surface area contributed by atoms with E-state index in [-0.39, 0.29) is 5.56 Å². The second-order valence-electron chi connectivity index (χ2n) is 2.56. The van der Waals surface area contributed by atoms with Crippen molar-refractivity contribution in [2.45, 2.75) is 20.8 Å². The molecule has 0 aliphatic heterocycles. The van der Waals surface area contributed by atoms with Gasteiger partial charge >= 0.3 is 5.97 Å². The predicted octanol–water partition coefficient (Wildman–Crippen LogP) is 2.38. The number of carbonyl (C=O) groups excluding carboxylic acids is 1. The van der Waals surface area contributed by atoms with Crippen LogP contribution < -0.4 is 4.74 Å². The van der Waals surface area contributed by atoms with E-state index in [1.165, 1.54) is 6.07 Å². The molecule has 0 fully saturated rings. The number of benzene rings is 1. The molecule has 0 radical (unpaired) electrons. The molecule has 0 aliphatic carbocycles. The van der Waals surface area contributed by atoms with Crippen molar-refractivity contribution in [1.82, 2.24) is 0 Å². The SMILES string of the molecule is CC.CCOc1ccccc1C(=O)C(=O)O. The minimum Gasteiger partial charge on any atom is -0.493 e. The number of hydrogen-bond acceptors (Lipinski definition) is 3. The van der Waals surface area contributed by atoms with Crippen molar-refractivity contribution < 1.29 is 19.4 Å². The van der Waals surface area contributed by atoms with Crippen LogP contribution in [0.1, 0.15) is 31.1 Å². The maximum absolute atomic E-state index is 11.2. The second kappa shape index (κ2) is 7.45. The number of aliphatic carboxylic acids is 1. The lowest BCUT2D eigenvalue weighted by Crippen LogP contribution is -2.14. The molecule has 88 valence electrons. The van der Waals surface area contributed by atoms with Gasteiger partial charge in [-0.25, -0.2) is 4.79 Å². The lowest BCUT2D eigenvalue weighted by atomic mass is 10.1. The van der Waals surface area contributed by atoms with Gasteiger partial charge in [0.15, 0.2) is 0 Å². The third-order valence-electron chi connectivity index (χ3n) is 1.63. The summed E-state index contributed by atoms with van der Waals surface area (Å²) in [6.45, 7) is 6.16. The molecule has 4 nitrogen and oxygen atoms in total. The van der Waals surface area contributed by atoms with Crippen molar-refractivity contribution in [3.05, 3.63) is 29.8 Å². The van der Waals surface area contributed by atoms with Crippen LogP contribution in [0.3, 0.4) is 0 Å². The predicted molar refractivity (Wildman–Crippen MR) is 60.9 cm³/mol. The van der Waals surface area contributed by atoms with E-state index in [9.17, 15) is 9.59 Å². The van der Waals surface area contributed by atoms with Gasteiger partial charge in [-0.1, -0.05) is 26.0 Å². The Morgan fingerprint density at radius 1 is 1.25 bits per heavy atom. The van der Waals surface area contributed by atoms with Crippen LogP contribution in [0.15, 0.2) is 24.3 Å². The molecule has 16 heavy (non-hydrogen) atoms. The Morgan fingerprint density at radius 3 is 2.31 bits per heavy atom. The van der Waals surface area contributed by atoms with E-state index in [2.05, 4.69) is 0 Å². The van der Waals surface area contributed by atoms with Gasteiger partial charge in [-0.3, -0.25) is 4.79 Å². The van der Waals surface area contributed by atoms with E-state index < -0.39 is 11.8 Å². The first-order valence-electron chi connectivity index (χ1n) is 5.16. The van der Waals surface area contributed by atoms with Gasteiger partial charge in [0, 0.05) is 0 Å². The Morgan fingerprint density at radius 2 is 1.81 bits per heavy atom. The molecule has 0 unspecified atom stereocenters. The highest BCUT2D eigenvalue weighted by atomic mass is 16.5. The number of para-hydroxylation sites is 1. The van der Waals surface area contributed by atoms with Crippen LogP contribution in [0.4, 0.5) is 0 Å². The Balaban J connectivity index is 0.00000106. The number of carboxylic acid groups (broad SMARTS) is 1. The molecule has 1 rings (SSSR count). The molecular weight excluding hydrogens is 208 g/mol. The van der Waals surface area contributed by atoms with Crippen molar-refractivity contribution in [3.8, 4) is 5.75 Å². The lowest BCUT2D eigenvalue weighted by Gasteiger charge is -2.06. The summed E-state index contributed by atoms with van der Waals surface area (Å²) in [5.41, 5.74) is 0.0850. The second-order valence-corrected chi connectivity index (χ2v) is 2.56. The average Bonchev–Trinajstić information content (AvgIpc) is 2.32. The number of rotatable bonds is 4. The van der Waals surface area contributed by atoms with Crippen LogP contribution in [-0.4, -0.2) is 23.5 Å². The third kappa shape index (κ3) is 3.73. The van der Waals surface area contributed by atoms with Crippen LogP contribution >= 0.6 is 0 Å². The topological polar surface area (TPSA) is 63.6 Å².